The number of benzene rings is 1. The Balaban J connectivity index is 2.45. The Kier molecular flexibility index (Phi) is 3.65. The maximum atomic E-state index is 12.9. The summed E-state index contributed by atoms with van der Waals surface area (Å²) >= 11 is 5.96. The van der Waals surface area contributed by atoms with Crippen LogP contribution in [0.4, 0.5) is 5.69 Å². The molecule has 1 atom stereocenters. The summed E-state index contributed by atoms with van der Waals surface area (Å²) in [6, 6.07) is 4.77. The third-order valence-corrected chi connectivity index (χ3v) is 4.34. The zero-order chi connectivity index (χ0) is 19.0. The Morgan fingerprint density at radius 2 is 2.14 bits per heavy atom. The molecule has 0 heterocycles. The third kappa shape index (κ3) is 3.23. The van der Waals surface area contributed by atoms with Gasteiger partial charge in [-0.05, 0) is 51.3 Å². The quantitative estimate of drug-likeness (QED) is 0.667. The predicted octanol–water partition coefficient (Wildman–Crippen LogP) is 4.12. The Labute approximate surface area is 141 Å². The number of halogens is 1. The van der Waals surface area contributed by atoms with Gasteiger partial charge in [-0.3, -0.25) is 4.79 Å². The number of rotatable bonds is 4. The van der Waals surface area contributed by atoms with Crippen LogP contribution in [0.25, 0.3) is 0 Å². The summed E-state index contributed by atoms with van der Waals surface area (Å²) in [5, 5.41) is 0.358. The first-order valence-corrected chi connectivity index (χ1v) is 7.68. The number of carbonyl (C=O) groups excluding carboxylic acids is 1. The molecule has 0 amide bonds. The number of carbonyl (C=O) groups is 1. The smallest absolute Gasteiger partial charge is 0.315 e. The molecule has 0 saturated heterocycles. The molecule has 1 aliphatic rings. The van der Waals surface area contributed by atoms with Crippen LogP contribution in [-0.4, -0.2) is 18.6 Å². The van der Waals surface area contributed by atoms with E-state index in [1.807, 2.05) is 0 Å². The first kappa shape index (κ1) is 13.2. The molecular formula is C17H24ClNO3. The van der Waals surface area contributed by atoms with E-state index in [0.717, 1.165) is 6.42 Å². The van der Waals surface area contributed by atoms with Gasteiger partial charge in [0.2, 0.25) is 0 Å². The zero-order valence-electron chi connectivity index (χ0n) is 16.1. The van der Waals surface area contributed by atoms with Crippen molar-refractivity contribution in [3.05, 3.63) is 28.8 Å². The summed E-state index contributed by atoms with van der Waals surface area (Å²) in [7, 11) is -2.66. The van der Waals surface area contributed by atoms with E-state index >= 15 is 0 Å². The lowest BCUT2D eigenvalue weighted by molar-refractivity contribution is -0.187. The number of ether oxygens (including phenoxy) is 2. The van der Waals surface area contributed by atoms with Crippen LogP contribution in [0.5, 0.6) is 0 Å². The van der Waals surface area contributed by atoms with Crippen molar-refractivity contribution in [1.29, 1.82) is 0 Å². The van der Waals surface area contributed by atoms with Gasteiger partial charge in [-0.15, -0.1) is 0 Å². The predicted molar refractivity (Wildman–Crippen MR) is 87.7 cm³/mol. The second-order valence-corrected chi connectivity index (χ2v) is 7.20. The summed E-state index contributed by atoms with van der Waals surface area (Å²) in [5.74, 6) is -0.450. The lowest BCUT2D eigenvalue weighted by Crippen LogP contribution is -2.47. The molecule has 1 fully saturated rings. The maximum absolute atomic E-state index is 12.9. The van der Waals surface area contributed by atoms with Crippen molar-refractivity contribution in [2.24, 2.45) is 5.41 Å². The van der Waals surface area contributed by atoms with Crippen LogP contribution in [0.2, 0.25) is 5.02 Å². The molecule has 1 aromatic carbocycles. The number of hydrogen-bond acceptors (Lipinski definition) is 4. The van der Waals surface area contributed by atoms with Gasteiger partial charge in [0.05, 0.1) is 26.3 Å². The van der Waals surface area contributed by atoms with Crippen LogP contribution >= 0.6 is 11.6 Å². The fourth-order valence-corrected chi connectivity index (χ4v) is 2.85. The van der Waals surface area contributed by atoms with Gasteiger partial charge in [0, 0.05) is 7.04 Å². The molecule has 1 aliphatic carbocycles. The maximum Gasteiger partial charge on any atom is 0.315 e. The van der Waals surface area contributed by atoms with Gasteiger partial charge in [-0.1, -0.05) is 24.1 Å². The van der Waals surface area contributed by atoms with Crippen LogP contribution in [0.3, 0.4) is 0 Å². The summed E-state index contributed by atoms with van der Waals surface area (Å²) < 4.78 is 33.4. The van der Waals surface area contributed by atoms with E-state index in [9.17, 15) is 4.79 Å². The first-order valence-electron chi connectivity index (χ1n) is 8.80. The number of nitrogen functional groups attached to an aromatic ring is 1. The molecule has 1 unspecified atom stereocenters. The van der Waals surface area contributed by atoms with Crippen molar-refractivity contribution in [2.45, 2.75) is 51.7 Å². The van der Waals surface area contributed by atoms with Gasteiger partial charge in [0.1, 0.15) is 5.60 Å². The molecule has 122 valence electrons. The summed E-state index contributed by atoms with van der Waals surface area (Å²) in [4.78, 5) is 12.9. The minimum atomic E-state index is -2.66. The van der Waals surface area contributed by atoms with Gasteiger partial charge in [-0.2, -0.15) is 0 Å². The highest BCUT2D eigenvalue weighted by molar-refractivity contribution is 6.33. The van der Waals surface area contributed by atoms with Crippen molar-refractivity contribution in [2.75, 3.05) is 12.8 Å². The number of anilines is 1. The van der Waals surface area contributed by atoms with E-state index in [1.54, 1.807) is 39.0 Å². The molecule has 2 N–H and O–H groups in total. The highest BCUT2D eigenvalue weighted by Crippen LogP contribution is 2.53. The number of esters is 1. The topological polar surface area (TPSA) is 61.5 Å². The van der Waals surface area contributed by atoms with E-state index in [-0.39, 0.29) is 0 Å². The van der Waals surface area contributed by atoms with Crippen LogP contribution in [0.15, 0.2) is 18.2 Å². The Hall–Kier alpha value is -1.26. The second-order valence-electron chi connectivity index (χ2n) is 6.79. The molecule has 0 aromatic heterocycles. The normalized spacial score (nSPS) is 21.0. The molecule has 5 heteroatoms. The van der Waals surface area contributed by atoms with E-state index in [4.69, 9.17) is 30.9 Å². The average molecular weight is 329 g/mol. The van der Waals surface area contributed by atoms with E-state index in [1.165, 1.54) is 0 Å². The molecule has 0 spiro atoms. The molecule has 0 radical (unpaired) electrons. The van der Waals surface area contributed by atoms with Crippen molar-refractivity contribution in [3.8, 4) is 0 Å². The Bertz CT molecular complexity index is 652. The zero-order valence-corrected chi connectivity index (χ0v) is 13.9. The number of hydrogen-bond donors (Lipinski definition) is 1. The standard InChI is InChI=1S/C17H24ClNO3/c1-16(2,3)22-15(20)17(8-5-9-17)14(21-4)11-6-7-12(18)13(19)10-11/h6-7,10,14H,5,8-9,19H2,1-4H3/i4D3. The summed E-state index contributed by atoms with van der Waals surface area (Å²) in [6.45, 7) is 5.32. The highest BCUT2D eigenvalue weighted by Gasteiger charge is 2.53. The molecule has 1 aromatic rings. The van der Waals surface area contributed by atoms with Gasteiger partial charge < -0.3 is 15.2 Å². The summed E-state index contributed by atoms with van der Waals surface area (Å²) in [5.41, 5.74) is 4.95. The van der Waals surface area contributed by atoms with E-state index in [2.05, 4.69) is 0 Å². The SMILES string of the molecule is [2H]C([2H])([2H])OC(c1ccc(Cl)c(N)c1)C1(C(=O)OC(C)(C)C)CCC1. The minimum Gasteiger partial charge on any atom is -0.459 e. The summed E-state index contributed by atoms with van der Waals surface area (Å²) in [6.07, 6.45) is 0.794. The molecule has 22 heavy (non-hydrogen) atoms. The first-order chi connectivity index (χ1) is 11.3. The fraction of sp³-hybridized carbons (Fsp3) is 0.588. The monoisotopic (exact) mass is 328 g/mol. The second kappa shape index (κ2) is 6.09. The van der Waals surface area contributed by atoms with Crippen LogP contribution < -0.4 is 5.73 Å². The van der Waals surface area contributed by atoms with Crippen molar-refractivity contribution >= 4 is 23.3 Å². The number of methoxy groups -OCH3 is 1. The molecule has 4 nitrogen and oxygen atoms in total. The van der Waals surface area contributed by atoms with Crippen molar-refractivity contribution in [3.63, 3.8) is 0 Å². The molecule has 0 aliphatic heterocycles. The largest absolute Gasteiger partial charge is 0.459 e. The van der Waals surface area contributed by atoms with Crippen LogP contribution in [0.1, 0.15) is 55.8 Å². The Morgan fingerprint density at radius 1 is 1.45 bits per heavy atom. The van der Waals surface area contributed by atoms with Gasteiger partial charge in [0.15, 0.2) is 0 Å². The van der Waals surface area contributed by atoms with Crippen molar-refractivity contribution in [1.82, 2.24) is 0 Å². The average Bonchev–Trinajstić information content (AvgIpc) is 2.36. The Morgan fingerprint density at radius 3 is 2.59 bits per heavy atom. The van der Waals surface area contributed by atoms with Gasteiger partial charge in [-0.25, -0.2) is 0 Å². The van der Waals surface area contributed by atoms with E-state index < -0.39 is 30.1 Å². The molecule has 2 rings (SSSR count). The fourth-order valence-electron chi connectivity index (χ4n) is 2.74. The van der Waals surface area contributed by atoms with E-state index in [0.29, 0.717) is 29.1 Å². The van der Waals surface area contributed by atoms with Crippen LogP contribution in [-0.2, 0) is 14.3 Å². The molecule has 1 saturated carbocycles. The third-order valence-electron chi connectivity index (χ3n) is 3.99. The molecular weight excluding hydrogens is 302 g/mol. The lowest BCUT2D eigenvalue weighted by Gasteiger charge is -2.45. The minimum absolute atomic E-state index is 0.303. The lowest BCUT2D eigenvalue weighted by atomic mass is 9.63. The van der Waals surface area contributed by atoms with Crippen LogP contribution in [0, 0.1) is 5.41 Å². The highest BCUT2D eigenvalue weighted by atomic mass is 35.5. The van der Waals surface area contributed by atoms with Gasteiger partial charge in [0.25, 0.3) is 0 Å². The van der Waals surface area contributed by atoms with Gasteiger partial charge >= 0.3 is 5.97 Å². The number of nitrogens with two attached hydrogens (primary N) is 1. The molecule has 0 bridgehead atoms. The van der Waals surface area contributed by atoms with Crippen molar-refractivity contribution < 1.29 is 18.4 Å².